The minimum atomic E-state index is 0.466. The first-order valence-electron chi connectivity index (χ1n) is 12.7. The molecule has 0 spiro atoms. The summed E-state index contributed by atoms with van der Waals surface area (Å²) in [5.74, 6) is 0. The van der Waals surface area contributed by atoms with E-state index in [0.29, 0.717) is 6.04 Å². The molecule has 1 fully saturated rings. The summed E-state index contributed by atoms with van der Waals surface area (Å²) in [5.41, 5.74) is 9.78. The molecule has 1 aliphatic heterocycles. The number of benzene rings is 2. The third kappa shape index (κ3) is 3.53. The van der Waals surface area contributed by atoms with E-state index in [1.165, 1.54) is 37.7 Å². The maximum atomic E-state index is 5.56. The Bertz CT molecular complexity index is 1550. The number of nitrogens with zero attached hydrogens (tertiary/aromatic N) is 4. The van der Waals surface area contributed by atoms with Gasteiger partial charge in [0.25, 0.3) is 0 Å². The normalized spacial score (nSPS) is 16.4. The zero-order valence-corrected chi connectivity index (χ0v) is 21.4. The van der Waals surface area contributed by atoms with Gasteiger partial charge in [0.2, 0.25) is 0 Å². The Hall–Kier alpha value is -3.26. The number of hydrogen-bond acceptors (Lipinski definition) is 5. The number of morpholine rings is 1. The molecule has 1 unspecified atom stereocenters. The molecule has 1 N–H and O–H groups in total. The van der Waals surface area contributed by atoms with Crippen LogP contribution in [0.2, 0.25) is 0 Å². The van der Waals surface area contributed by atoms with E-state index >= 15 is 0 Å². The number of aryl methyl sites for hydroxylation is 1. The van der Waals surface area contributed by atoms with Crippen molar-refractivity contribution in [2.24, 2.45) is 7.05 Å². The molecule has 0 saturated carbocycles. The number of ether oxygens (including phenoxy) is 1. The summed E-state index contributed by atoms with van der Waals surface area (Å²) >= 11 is 1.91. The zero-order chi connectivity index (χ0) is 24.2. The van der Waals surface area contributed by atoms with E-state index in [1.54, 1.807) is 0 Å². The minimum absolute atomic E-state index is 0.466. The number of fused-ring (bicyclic) bond motifs is 4. The average Bonchev–Trinajstić information content (AvgIpc) is 3.67. The molecule has 3 aromatic heterocycles. The van der Waals surface area contributed by atoms with Crippen LogP contribution in [0.5, 0.6) is 0 Å². The minimum Gasteiger partial charge on any atom is -0.379 e. The lowest BCUT2D eigenvalue weighted by Gasteiger charge is -2.34. The van der Waals surface area contributed by atoms with Gasteiger partial charge >= 0.3 is 0 Å². The number of H-pyrrole nitrogens is 1. The van der Waals surface area contributed by atoms with Crippen LogP contribution in [0.3, 0.4) is 0 Å². The van der Waals surface area contributed by atoms with Gasteiger partial charge in [-0.05, 0) is 29.7 Å². The first-order chi connectivity index (χ1) is 17.7. The molecule has 0 bridgehead atoms. The van der Waals surface area contributed by atoms with Gasteiger partial charge in [-0.15, -0.1) is 11.3 Å². The summed E-state index contributed by atoms with van der Waals surface area (Å²) in [6.07, 6.45) is 3.95. The van der Waals surface area contributed by atoms with Crippen LogP contribution < -0.4 is 0 Å². The molecule has 2 aliphatic rings. The number of thiophene rings is 1. The second-order valence-electron chi connectivity index (χ2n) is 9.79. The summed E-state index contributed by atoms with van der Waals surface area (Å²) in [4.78, 5) is 5.30. The van der Waals surface area contributed by atoms with Crippen LogP contribution >= 0.6 is 11.3 Å². The van der Waals surface area contributed by atoms with Gasteiger partial charge in [-0.25, -0.2) is 0 Å². The van der Waals surface area contributed by atoms with E-state index in [2.05, 4.69) is 70.6 Å². The van der Waals surface area contributed by atoms with Gasteiger partial charge in [0.05, 0.1) is 36.3 Å². The quantitative estimate of drug-likeness (QED) is 0.316. The summed E-state index contributed by atoms with van der Waals surface area (Å²) in [5, 5.41) is 13.6. The van der Waals surface area contributed by atoms with Gasteiger partial charge < -0.3 is 4.74 Å². The van der Waals surface area contributed by atoms with Gasteiger partial charge in [0, 0.05) is 64.4 Å². The standard InChI is InChI=1S/C29H29N5OS/c1-3-24(34-10-12-35-13-11-34)18-4-6-19(7-5-18)26-15-22-27(36-26)16-23-28(31-32-29(22)23)20-8-9-21-17-30-33(2)25(21)14-20/h4-9,14-15,17,24H,3,10-13,16H2,1-2H3,(H,31,32). The Morgan fingerprint density at radius 1 is 1.06 bits per heavy atom. The molecule has 0 radical (unpaired) electrons. The summed E-state index contributed by atoms with van der Waals surface area (Å²) in [6, 6.07) is 18.5. The fraction of sp³-hybridized carbons (Fsp3) is 0.310. The summed E-state index contributed by atoms with van der Waals surface area (Å²) < 4.78 is 7.48. The van der Waals surface area contributed by atoms with Gasteiger partial charge in [-0.1, -0.05) is 43.3 Å². The molecular formula is C29H29N5OS. The maximum absolute atomic E-state index is 5.56. The molecule has 36 heavy (non-hydrogen) atoms. The van der Waals surface area contributed by atoms with Crippen molar-refractivity contribution in [1.29, 1.82) is 0 Å². The fourth-order valence-electron chi connectivity index (χ4n) is 5.83. The lowest BCUT2D eigenvalue weighted by molar-refractivity contribution is 0.0152. The van der Waals surface area contributed by atoms with Crippen LogP contribution in [0.1, 0.15) is 35.4 Å². The molecule has 7 rings (SSSR count). The highest BCUT2D eigenvalue weighted by Crippen LogP contribution is 2.46. The van der Waals surface area contributed by atoms with Crippen molar-refractivity contribution < 1.29 is 4.74 Å². The van der Waals surface area contributed by atoms with Crippen LogP contribution in [-0.4, -0.2) is 51.2 Å². The largest absolute Gasteiger partial charge is 0.379 e. The molecule has 0 amide bonds. The van der Waals surface area contributed by atoms with Crippen LogP contribution in [0.4, 0.5) is 0 Å². The third-order valence-corrected chi connectivity index (χ3v) is 8.94. The van der Waals surface area contributed by atoms with Crippen LogP contribution in [-0.2, 0) is 18.2 Å². The number of rotatable bonds is 5. The molecule has 4 heterocycles. The van der Waals surface area contributed by atoms with Gasteiger partial charge in [0.1, 0.15) is 0 Å². The number of hydrogen-bond donors (Lipinski definition) is 1. The van der Waals surface area contributed by atoms with E-state index in [1.807, 2.05) is 29.3 Å². The molecular weight excluding hydrogens is 466 g/mol. The monoisotopic (exact) mass is 495 g/mol. The Morgan fingerprint density at radius 3 is 2.67 bits per heavy atom. The van der Waals surface area contributed by atoms with Gasteiger partial charge in [-0.2, -0.15) is 10.2 Å². The molecule has 6 nitrogen and oxygen atoms in total. The highest BCUT2D eigenvalue weighted by molar-refractivity contribution is 7.16. The number of aromatic amines is 1. The van der Waals surface area contributed by atoms with Crippen molar-refractivity contribution >= 4 is 22.2 Å². The Kier molecular flexibility index (Phi) is 5.31. The number of aromatic nitrogens is 4. The molecule has 2 aromatic carbocycles. The Morgan fingerprint density at radius 2 is 1.86 bits per heavy atom. The SMILES string of the molecule is CCC(c1ccc(-c2cc3c(s2)Cc2c(-c4ccc5cnn(C)c5c4)n[nH]c2-3)cc1)N1CCOCC1. The number of nitrogens with one attached hydrogen (secondary N) is 1. The van der Waals surface area contributed by atoms with Crippen molar-refractivity contribution in [3.8, 4) is 33.0 Å². The van der Waals surface area contributed by atoms with Crippen LogP contribution in [0.15, 0.2) is 54.7 Å². The Labute approximate surface area is 214 Å². The average molecular weight is 496 g/mol. The van der Waals surface area contributed by atoms with E-state index < -0.39 is 0 Å². The first-order valence-corrected chi connectivity index (χ1v) is 13.6. The van der Waals surface area contributed by atoms with Crippen molar-refractivity contribution in [3.63, 3.8) is 0 Å². The highest BCUT2D eigenvalue weighted by Gasteiger charge is 2.28. The predicted octanol–water partition coefficient (Wildman–Crippen LogP) is 6.05. The van der Waals surface area contributed by atoms with Crippen molar-refractivity contribution in [1.82, 2.24) is 24.9 Å². The third-order valence-electron chi connectivity index (χ3n) is 7.76. The lowest BCUT2D eigenvalue weighted by Crippen LogP contribution is -2.38. The molecule has 1 aliphatic carbocycles. The summed E-state index contributed by atoms with van der Waals surface area (Å²) in [6.45, 7) is 5.99. The Balaban J connectivity index is 1.16. The second kappa shape index (κ2) is 8.69. The first kappa shape index (κ1) is 22.0. The predicted molar refractivity (Wildman–Crippen MR) is 145 cm³/mol. The van der Waals surface area contributed by atoms with Gasteiger partial charge in [-0.3, -0.25) is 14.7 Å². The van der Waals surface area contributed by atoms with E-state index in [0.717, 1.165) is 61.3 Å². The topological polar surface area (TPSA) is 59.0 Å². The fourth-order valence-corrected chi connectivity index (χ4v) is 7.01. The smallest absolute Gasteiger partial charge is 0.0963 e. The van der Waals surface area contributed by atoms with Gasteiger partial charge in [0.15, 0.2) is 0 Å². The highest BCUT2D eigenvalue weighted by atomic mass is 32.1. The van der Waals surface area contributed by atoms with Crippen LogP contribution in [0.25, 0.3) is 43.9 Å². The zero-order valence-electron chi connectivity index (χ0n) is 20.6. The molecule has 7 heteroatoms. The second-order valence-corrected chi connectivity index (χ2v) is 10.9. The summed E-state index contributed by atoms with van der Waals surface area (Å²) in [7, 11) is 1.98. The lowest BCUT2D eigenvalue weighted by atomic mass is 10.00. The molecule has 1 atom stereocenters. The van der Waals surface area contributed by atoms with E-state index in [4.69, 9.17) is 9.84 Å². The molecule has 182 valence electrons. The van der Waals surface area contributed by atoms with Crippen LogP contribution in [0, 0.1) is 0 Å². The maximum Gasteiger partial charge on any atom is 0.0963 e. The molecule has 1 saturated heterocycles. The van der Waals surface area contributed by atoms with E-state index in [-0.39, 0.29) is 0 Å². The van der Waals surface area contributed by atoms with Crippen molar-refractivity contribution in [3.05, 3.63) is 70.7 Å². The van der Waals surface area contributed by atoms with E-state index in [9.17, 15) is 0 Å². The molecule has 5 aromatic rings. The van der Waals surface area contributed by atoms with Crippen molar-refractivity contribution in [2.45, 2.75) is 25.8 Å². The van der Waals surface area contributed by atoms with Crippen molar-refractivity contribution in [2.75, 3.05) is 26.3 Å².